The molecule has 0 unspecified atom stereocenters. The lowest BCUT2D eigenvalue weighted by Gasteiger charge is -2.15. The van der Waals surface area contributed by atoms with E-state index in [0.29, 0.717) is 23.9 Å². The highest BCUT2D eigenvalue weighted by molar-refractivity contribution is 5.54. The van der Waals surface area contributed by atoms with Gasteiger partial charge in [-0.15, -0.1) is 0 Å². The van der Waals surface area contributed by atoms with E-state index < -0.39 is 0 Å². The lowest BCUT2D eigenvalue weighted by atomic mass is 10.00. The third kappa shape index (κ3) is 2.86. The Balaban J connectivity index is 2.26. The van der Waals surface area contributed by atoms with Gasteiger partial charge in [-0.05, 0) is 24.1 Å². The molecule has 5 heteroatoms. The minimum atomic E-state index is -0.00237. The number of hydrogen-bond acceptors (Lipinski definition) is 5. The van der Waals surface area contributed by atoms with Crippen molar-refractivity contribution in [3.8, 4) is 17.2 Å². The molecule has 0 radical (unpaired) electrons. The fourth-order valence-corrected chi connectivity index (χ4v) is 2.16. The van der Waals surface area contributed by atoms with Crippen LogP contribution in [0.1, 0.15) is 5.56 Å². The van der Waals surface area contributed by atoms with Gasteiger partial charge in [0.25, 0.3) is 5.95 Å². The third-order valence-corrected chi connectivity index (χ3v) is 3.05. The summed E-state index contributed by atoms with van der Waals surface area (Å²) in [7, 11) is 4.75. The lowest BCUT2D eigenvalue weighted by Crippen LogP contribution is -2.04. The first-order valence-corrected chi connectivity index (χ1v) is 6.00. The quantitative estimate of drug-likeness (QED) is 0.886. The summed E-state index contributed by atoms with van der Waals surface area (Å²) >= 11 is 0. The first-order chi connectivity index (χ1) is 9.17. The highest BCUT2D eigenvalue weighted by Crippen LogP contribution is 2.39. The molecule has 0 saturated carbocycles. The van der Waals surface area contributed by atoms with Gasteiger partial charge in [-0.25, -0.2) is 0 Å². The van der Waals surface area contributed by atoms with Crippen molar-refractivity contribution in [3.05, 3.63) is 29.7 Å². The number of aliphatic hydroxyl groups excluding tert-OH is 1. The van der Waals surface area contributed by atoms with E-state index in [1.165, 1.54) is 0 Å². The fourth-order valence-electron chi connectivity index (χ4n) is 2.16. The average molecular weight is 266 g/mol. The summed E-state index contributed by atoms with van der Waals surface area (Å²) in [5.74, 6) is 1.99. The van der Waals surface area contributed by atoms with Gasteiger partial charge in [0.15, 0.2) is 11.5 Å². The van der Waals surface area contributed by atoms with E-state index in [2.05, 4.69) is 0 Å². The van der Waals surface area contributed by atoms with Crippen LogP contribution in [0.3, 0.4) is 0 Å². The molecule has 1 heterocycles. The molecule has 1 N–H and O–H groups in total. The molecule has 1 aromatic rings. The van der Waals surface area contributed by atoms with Crippen LogP contribution in [-0.4, -0.2) is 33.0 Å². The van der Waals surface area contributed by atoms with Crippen LogP contribution in [0.5, 0.6) is 17.2 Å². The number of aliphatic hydroxyl groups is 1. The summed E-state index contributed by atoms with van der Waals surface area (Å²) in [5.41, 5.74) is 1.04. The topological polar surface area (TPSA) is 57.2 Å². The molecule has 104 valence electrons. The summed E-state index contributed by atoms with van der Waals surface area (Å²) in [6, 6.07) is 3.81. The van der Waals surface area contributed by atoms with Gasteiger partial charge in [-0.1, -0.05) is 0 Å². The maximum absolute atomic E-state index is 9.23. The molecule has 1 aliphatic rings. The monoisotopic (exact) mass is 266 g/mol. The van der Waals surface area contributed by atoms with Crippen molar-refractivity contribution in [1.82, 2.24) is 0 Å². The van der Waals surface area contributed by atoms with Gasteiger partial charge in [-0.3, -0.25) is 0 Å². The van der Waals surface area contributed by atoms with Crippen LogP contribution < -0.4 is 14.2 Å². The first kappa shape index (κ1) is 13.4. The second-order valence-electron chi connectivity index (χ2n) is 4.31. The number of benzene rings is 1. The predicted octanol–water partition coefficient (Wildman–Crippen LogP) is 2.30. The molecule has 0 aromatic heterocycles. The van der Waals surface area contributed by atoms with Crippen molar-refractivity contribution in [2.24, 2.45) is 5.92 Å². The highest BCUT2D eigenvalue weighted by Gasteiger charge is 2.19. The summed E-state index contributed by atoms with van der Waals surface area (Å²) in [6.07, 6.45) is 2.45. The van der Waals surface area contributed by atoms with Crippen LogP contribution in [0.4, 0.5) is 0 Å². The molecule has 0 aliphatic carbocycles. The normalized spacial score (nSPS) is 17.6. The maximum Gasteiger partial charge on any atom is 0.272 e. The fraction of sp³-hybridized carbons (Fsp3) is 0.429. The minimum Gasteiger partial charge on any atom is -0.493 e. The van der Waals surface area contributed by atoms with Crippen molar-refractivity contribution < 1.29 is 24.1 Å². The Morgan fingerprint density at radius 2 is 1.79 bits per heavy atom. The van der Waals surface area contributed by atoms with E-state index in [1.54, 1.807) is 27.4 Å². The number of hydrogen-bond donors (Lipinski definition) is 1. The molecule has 0 fully saturated rings. The highest BCUT2D eigenvalue weighted by atomic mass is 16.6. The van der Waals surface area contributed by atoms with E-state index in [9.17, 15) is 5.11 Å². The standard InChI is InChI=1S/C14H18O5/c1-16-11-5-9(4-10-7-13(15)19-8-10)6-12(17-2)14(11)18-3/h5-7,10,15H,4,8H2,1-3H3/t10-/m0/s1. The summed E-state index contributed by atoms with van der Waals surface area (Å²) in [4.78, 5) is 0. The van der Waals surface area contributed by atoms with Crippen LogP contribution >= 0.6 is 0 Å². The van der Waals surface area contributed by atoms with Crippen LogP contribution in [0.25, 0.3) is 0 Å². The molecule has 1 aliphatic heterocycles. The van der Waals surface area contributed by atoms with Gasteiger partial charge in [-0.2, -0.15) is 0 Å². The zero-order chi connectivity index (χ0) is 13.8. The van der Waals surface area contributed by atoms with Crippen LogP contribution in [0, 0.1) is 5.92 Å². The molecule has 19 heavy (non-hydrogen) atoms. The number of ether oxygens (including phenoxy) is 4. The Hall–Kier alpha value is -2.04. The van der Waals surface area contributed by atoms with Gasteiger partial charge in [0.2, 0.25) is 5.75 Å². The van der Waals surface area contributed by atoms with Gasteiger partial charge in [0, 0.05) is 12.0 Å². The molecule has 0 amide bonds. The largest absolute Gasteiger partial charge is 0.493 e. The third-order valence-electron chi connectivity index (χ3n) is 3.05. The number of methoxy groups -OCH3 is 3. The Morgan fingerprint density at radius 1 is 1.16 bits per heavy atom. The van der Waals surface area contributed by atoms with E-state index >= 15 is 0 Å². The second kappa shape index (κ2) is 5.73. The Kier molecular flexibility index (Phi) is 4.04. The Bertz CT molecular complexity index is 456. The molecule has 2 rings (SSSR count). The molecule has 0 bridgehead atoms. The van der Waals surface area contributed by atoms with Crippen LogP contribution in [-0.2, 0) is 11.2 Å². The molecule has 0 saturated heterocycles. The first-order valence-electron chi connectivity index (χ1n) is 6.00. The van der Waals surface area contributed by atoms with Gasteiger partial charge in [0.05, 0.1) is 27.9 Å². The predicted molar refractivity (Wildman–Crippen MR) is 70.0 cm³/mol. The summed E-state index contributed by atoms with van der Waals surface area (Å²) in [6.45, 7) is 0.489. The molecule has 5 nitrogen and oxygen atoms in total. The van der Waals surface area contributed by atoms with Crippen LogP contribution in [0.2, 0.25) is 0 Å². The molecule has 1 atom stereocenters. The van der Waals surface area contributed by atoms with E-state index in [0.717, 1.165) is 12.0 Å². The molecular formula is C14H18O5. The van der Waals surface area contributed by atoms with Crippen molar-refractivity contribution in [1.29, 1.82) is 0 Å². The van der Waals surface area contributed by atoms with Gasteiger partial charge < -0.3 is 24.1 Å². The van der Waals surface area contributed by atoms with Crippen molar-refractivity contribution in [2.45, 2.75) is 6.42 Å². The van der Waals surface area contributed by atoms with E-state index in [-0.39, 0.29) is 11.9 Å². The number of rotatable bonds is 5. The van der Waals surface area contributed by atoms with Crippen molar-refractivity contribution in [3.63, 3.8) is 0 Å². The summed E-state index contributed by atoms with van der Waals surface area (Å²) in [5, 5.41) is 9.23. The maximum atomic E-state index is 9.23. The van der Waals surface area contributed by atoms with Gasteiger partial charge >= 0.3 is 0 Å². The SMILES string of the molecule is COc1cc(C[C@H]2C=C(O)OC2)cc(OC)c1OC. The van der Waals surface area contributed by atoms with E-state index in [4.69, 9.17) is 18.9 Å². The Labute approximate surface area is 112 Å². The molecule has 1 aromatic carbocycles. The zero-order valence-corrected chi connectivity index (χ0v) is 11.3. The summed E-state index contributed by atoms with van der Waals surface area (Å²) < 4.78 is 20.9. The second-order valence-corrected chi connectivity index (χ2v) is 4.31. The van der Waals surface area contributed by atoms with E-state index in [1.807, 2.05) is 12.1 Å². The molecular weight excluding hydrogens is 248 g/mol. The van der Waals surface area contributed by atoms with Gasteiger partial charge in [0.1, 0.15) is 0 Å². The minimum absolute atomic E-state index is 0.00237. The van der Waals surface area contributed by atoms with Crippen LogP contribution in [0.15, 0.2) is 24.2 Å². The average Bonchev–Trinajstić information content (AvgIpc) is 2.82. The smallest absolute Gasteiger partial charge is 0.272 e. The lowest BCUT2D eigenvalue weighted by molar-refractivity contribution is 0.109. The Morgan fingerprint density at radius 3 is 2.21 bits per heavy atom. The zero-order valence-electron chi connectivity index (χ0n) is 11.3. The van der Waals surface area contributed by atoms with Crippen molar-refractivity contribution in [2.75, 3.05) is 27.9 Å². The molecule has 0 spiro atoms. The van der Waals surface area contributed by atoms with Crippen molar-refractivity contribution >= 4 is 0 Å².